The van der Waals surface area contributed by atoms with Crippen LogP contribution in [0.5, 0.6) is 0 Å². The first-order chi connectivity index (χ1) is 9.41. The van der Waals surface area contributed by atoms with Gasteiger partial charge in [0.25, 0.3) is 0 Å². The van der Waals surface area contributed by atoms with Crippen LogP contribution in [-0.2, 0) is 11.8 Å². The Balaban J connectivity index is 2.31. The van der Waals surface area contributed by atoms with Gasteiger partial charge in [0, 0.05) is 5.41 Å². The number of hydrogen-bond acceptors (Lipinski definition) is 3. The van der Waals surface area contributed by atoms with E-state index >= 15 is 0 Å². The molecule has 20 heavy (non-hydrogen) atoms. The number of H-pyrrole nitrogens is 1. The molecular weight excluding hydrogens is 268 g/mol. The second-order valence-electron chi connectivity index (χ2n) is 5.75. The largest absolute Gasteiger partial charge is 0.250 e. The van der Waals surface area contributed by atoms with Gasteiger partial charge in [0.15, 0.2) is 5.82 Å². The van der Waals surface area contributed by atoms with Gasteiger partial charge < -0.3 is 0 Å². The van der Waals surface area contributed by atoms with Crippen molar-refractivity contribution in [1.82, 2.24) is 14.9 Å². The Labute approximate surface area is 124 Å². The maximum Gasteiger partial charge on any atom is 0.216 e. The Morgan fingerprint density at radius 3 is 2.50 bits per heavy atom. The molecule has 106 valence electrons. The lowest BCUT2D eigenvalue weighted by Crippen LogP contribution is -2.17. The molecular formula is C15H20N4S. The second kappa shape index (κ2) is 5.71. The molecule has 0 saturated carbocycles. The monoisotopic (exact) mass is 288 g/mol. The number of aromatic amines is 1. The quantitative estimate of drug-likeness (QED) is 0.691. The summed E-state index contributed by atoms with van der Waals surface area (Å²) >= 11 is 5.23. The predicted octanol–water partition coefficient (Wildman–Crippen LogP) is 3.68. The summed E-state index contributed by atoms with van der Waals surface area (Å²) in [7, 11) is 0. The van der Waals surface area contributed by atoms with Gasteiger partial charge in [-0.1, -0.05) is 52.0 Å². The van der Waals surface area contributed by atoms with Crippen LogP contribution in [0.25, 0.3) is 0 Å². The molecule has 0 spiro atoms. The maximum absolute atomic E-state index is 5.23. The molecule has 0 fully saturated rings. The first-order valence-electron chi connectivity index (χ1n) is 6.73. The van der Waals surface area contributed by atoms with Crippen molar-refractivity contribution in [3.8, 4) is 0 Å². The molecule has 1 N–H and O–H groups in total. The number of aryl methyl sites for hydroxylation is 1. The van der Waals surface area contributed by atoms with Crippen LogP contribution < -0.4 is 0 Å². The smallest absolute Gasteiger partial charge is 0.216 e. The Hall–Kier alpha value is -1.75. The van der Waals surface area contributed by atoms with Crippen LogP contribution in [0.15, 0.2) is 29.4 Å². The summed E-state index contributed by atoms with van der Waals surface area (Å²) in [5.41, 5.74) is 2.25. The molecule has 0 aliphatic heterocycles. The number of rotatable bonds is 3. The molecule has 1 aromatic heterocycles. The Morgan fingerprint density at radius 1 is 1.30 bits per heavy atom. The average Bonchev–Trinajstić information content (AvgIpc) is 2.78. The van der Waals surface area contributed by atoms with Gasteiger partial charge in [0.2, 0.25) is 4.77 Å². The Kier molecular flexibility index (Phi) is 4.18. The highest BCUT2D eigenvalue weighted by Gasteiger charge is 2.21. The molecule has 1 heterocycles. The van der Waals surface area contributed by atoms with E-state index in [9.17, 15) is 0 Å². The molecule has 0 radical (unpaired) electrons. The molecule has 0 bridgehead atoms. The number of nitrogens with one attached hydrogen (secondary N) is 1. The minimum Gasteiger partial charge on any atom is -0.250 e. The molecule has 0 atom stereocenters. The van der Waals surface area contributed by atoms with E-state index in [1.165, 1.54) is 5.56 Å². The van der Waals surface area contributed by atoms with Crippen molar-refractivity contribution in [2.45, 2.75) is 39.5 Å². The molecule has 0 aliphatic carbocycles. The number of benzene rings is 1. The Morgan fingerprint density at radius 2 is 1.95 bits per heavy atom. The van der Waals surface area contributed by atoms with Crippen LogP contribution >= 0.6 is 12.2 Å². The van der Waals surface area contributed by atoms with Crippen molar-refractivity contribution in [3.05, 3.63) is 46.0 Å². The first-order valence-corrected chi connectivity index (χ1v) is 7.14. The third kappa shape index (κ3) is 3.22. The van der Waals surface area contributed by atoms with Crippen molar-refractivity contribution >= 4 is 18.4 Å². The zero-order valence-corrected chi connectivity index (χ0v) is 13.2. The second-order valence-corrected chi connectivity index (χ2v) is 6.14. The van der Waals surface area contributed by atoms with E-state index in [2.05, 4.69) is 67.3 Å². The van der Waals surface area contributed by atoms with E-state index < -0.39 is 0 Å². The SMILES string of the molecule is CCc1ccc(/C=N\n2c(C(C)(C)C)n[nH]c2=S)cc1. The van der Waals surface area contributed by atoms with E-state index in [1.807, 2.05) is 0 Å². The van der Waals surface area contributed by atoms with Crippen LogP contribution in [-0.4, -0.2) is 21.1 Å². The zero-order valence-electron chi connectivity index (χ0n) is 12.3. The molecule has 0 saturated heterocycles. The zero-order chi connectivity index (χ0) is 14.8. The number of hydrogen-bond donors (Lipinski definition) is 1. The normalized spacial score (nSPS) is 12.2. The predicted molar refractivity (Wildman–Crippen MR) is 84.9 cm³/mol. The fraction of sp³-hybridized carbons (Fsp3) is 0.400. The summed E-state index contributed by atoms with van der Waals surface area (Å²) in [5, 5.41) is 11.5. The van der Waals surface area contributed by atoms with Gasteiger partial charge in [-0.25, -0.2) is 0 Å². The highest BCUT2D eigenvalue weighted by molar-refractivity contribution is 7.71. The van der Waals surface area contributed by atoms with E-state index in [0.29, 0.717) is 4.77 Å². The van der Waals surface area contributed by atoms with Gasteiger partial charge >= 0.3 is 0 Å². The van der Waals surface area contributed by atoms with Gasteiger partial charge in [-0.3, -0.25) is 5.10 Å². The third-order valence-corrected chi connectivity index (χ3v) is 3.30. The summed E-state index contributed by atoms with van der Waals surface area (Å²) in [6.07, 6.45) is 2.85. The van der Waals surface area contributed by atoms with Crippen molar-refractivity contribution in [2.75, 3.05) is 0 Å². The maximum atomic E-state index is 5.23. The molecule has 4 nitrogen and oxygen atoms in total. The Bertz CT molecular complexity index is 656. The summed E-state index contributed by atoms with van der Waals surface area (Å²) in [6.45, 7) is 8.39. The molecule has 5 heteroatoms. The summed E-state index contributed by atoms with van der Waals surface area (Å²) < 4.78 is 2.19. The summed E-state index contributed by atoms with van der Waals surface area (Å²) in [4.78, 5) is 0. The van der Waals surface area contributed by atoms with Gasteiger partial charge in [0.1, 0.15) is 0 Å². The van der Waals surface area contributed by atoms with E-state index in [-0.39, 0.29) is 5.41 Å². The molecule has 0 aliphatic rings. The first kappa shape index (κ1) is 14.7. The highest BCUT2D eigenvalue weighted by Crippen LogP contribution is 2.19. The van der Waals surface area contributed by atoms with Gasteiger partial charge in [-0.05, 0) is 29.8 Å². The van der Waals surface area contributed by atoms with Gasteiger partial charge in [-0.2, -0.15) is 14.9 Å². The minimum atomic E-state index is -0.114. The summed E-state index contributed by atoms with van der Waals surface area (Å²) in [6, 6.07) is 8.34. The van der Waals surface area contributed by atoms with Gasteiger partial charge in [0.05, 0.1) is 6.21 Å². The van der Waals surface area contributed by atoms with Crippen LogP contribution in [0, 0.1) is 4.77 Å². The van der Waals surface area contributed by atoms with E-state index in [4.69, 9.17) is 12.2 Å². The lowest BCUT2D eigenvalue weighted by atomic mass is 9.96. The van der Waals surface area contributed by atoms with E-state index in [1.54, 1.807) is 10.9 Å². The van der Waals surface area contributed by atoms with Crippen molar-refractivity contribution in [1.29, 1.82) is 0 Å². The lowest BCUT2D eigenvalue weighted by Gasteiger charge is -2.15. The van der Waals surface area contributed by atoms with Crippen molar-refractivity contribution < 1.29 is 0 Å². The van der Waals surface area contributed by atoms with Crippen LogP contribution in [0.1, 0.15) is 44.6 Å². The average molecular weight is 288 g/mol. The molecule has 2 rings (SSSR count). The third-order valence-electron chi connectivity index (χ3n) is 3.03. The molecule has 1 aromatic carbocycles. The molecule has 0 unspecified atom stereocenters. The van der Waals surface area contributed by atoms with Crippen molar-refractivity contribution in [3.63, 3.8) is 0 Å². The summed E-state index contributed by atoms with van der Waals surface area (Å²) in [5.74, 6) is 0.823. The van der Waals surface area contributed by atoms with E-state index in [0.717, 1.165) is 17.8 Å². The number of nitrogens with zero attached hydrogens (tertiary/aromatic N) is 3. The fourth-order valence-corrected chi connectivity index (χ4v) is 2.03. The van der Waals surface area contributed by atoms with Gasteiger partial charge in [-0.15, -0.1) is 0 Å². The standard InChI is InChI=1S/C15H20N4S/c1-5-11-6-8-12(9-7-11)10-16-19-13(15(2,3)4)17-18-14(19)20/h6-10H,5H2,1-4H3,(H,18,20)/b16-10-. The topological polar surface area (TPSA) is 46.0 Å². The lowest BCUT2D eigenvalue weighted by molar-refractivity contribution is 0.516. The van der Waals surface area contributed by atoms with Crippen molar-refractivity contribution in [2.24, 2.45) is 5.10 Å². The molecule has 2 aromatic rings. The van der Waals surface area contributed by atoms with Crippen LogP contribution in [0.2, 0.25) is 0 Å². The fourth-order valence-electron chi connectivity index (χ4n) is 1.85. The number of aromatic nitrogens is 3. The minimum absolute atomic E-state index is 0.114. The molecule has 0 amide bonds. The highest BCUT2D eigenvalue weighted by atomic mass is 32.1. The van der Waals surface area contributed by atoms with Crippen LogP contribution in [0.3, 0.4) is 0 Å². The van der Waals surface area contributed by atoms with Crippen LogP contribution in [0.4, 0.5) is 0 Å².